The predicted molar refractivity (Wildman–Crippen MR) is 152 cm³/mol. The van der Waals surface area contributed by atoms with Crippen molar-refractivity contribution in [1.82, 2.24) is 9.47 Å². The normalized spacial score (nSPS) is 16.3. The average molecular weight is 564 g/mol. The van der Waals surface area contributed by atoms with Crippen molar-refractivity contribution < 1.29 is 22.7 Å². The highest BCUT2D eigenvalue weighted by molar-refractivity contribution is 5.96. The van der Waals surface area contributed by atoms with Crippen LogP contribution >= 0.6 is 0 Å². The topological polar surface area (TPSA) is 85.0 Å². The monoisotopic (exact) mass is 563 g/mol. The molecule has 0 radical (unpaired) electrons. The van der Waals surface area contributed by atoms with Crippen LogP contribution in [0, 0.1) is 11.6 Å². The van der Waals surface area contributed by atoms with Crippen molar-refractivity contribution in [3.8, 4) is 5.69 Å². The first-order valence-electron chi connectivity index (χ1n) is 13.9. The average Bonchev–Trinajstić information content (AvgIpc) is 2.89. The van der Waals surface area contributed by atoms with Crippen molar-refractivity contribution in [2.75, 3.05) is 31.1 Å². The van der Waals surface area contributed by atoms with E-state index in [0.29, 0.717) is 43.1 Å². The molecule has 2 aromatic carbocycles. The van der Waals surface area contributed by atoms with Gasteiger partial charge in [-0.3, -0.25) is 14.2 Å². The van der Waals surface area contributed by atoms with Gasteiger partial charge in [-0.15, -0.1) is 0 Å². The molecule has 0 unspecified atom stereocenters. The van der Waals surface area contributed by atoms with Crippen LogP contribution in [0.5, 0.6) is 0 Å². The Bertz CT molecular complexity index is 1790. The molecule has 0 bridgehead atoms. The first-order valence-corrected chi connectivity index (χ1v) is 13.9. The number of benzene rings is 2. The fourth-order valence-electron chi connectivity index (χ4n) is 5.57. The molecule has 3 heterocycles. The van der Waals surface area contributed by atoms with Crippen LogP contribution in [0.3, 0.4) is 0 Å². The van der Waals surface area contributed by atoms with Gasteiger partial charge in [-0.1, -0.05) is 18.6 Å². The molecule has 2 fully saturated rings. The third-order valence-electron chi connectivity index (χ3n) is 7.85. The van der Waals surface area contributed by atoms with Gasteiger partial charge in [0, 0.05) is 37.9 Å². The van der Waals surface area contributed by atoms with Crippen LogP contribution in [0.25, 0.3) is 27.6 Å². The Morgan fingerprint density at radius 2 is 1.66 bits per heavy atom. The number of aromatic nitrogens is 1. The van der Waals surface area contributed by atoms with Crippen molar-refractivity contribution in [3.05, 3.63) is 80.4 Å². The summed E-state index contributed by atoms with van der Waals surface area (Å²) in [7, 11) is 0. The maximum atomic E-state index is 14.9. The molecule has 10 heteroatoms. The molecule has 1 saturated carbocycles. The minimum atomic E-state index is -1.15. The number of amides is 1. The molecular weight excluding hydrogens is 532 g/mol. The Labute approximate surface area is 234 Å². The van der Waals surface area contributed by atoms with Crippen molar-refractivity contribution >= 4 is 33.7 Å². The van der Waals surface area contributed by atoms with E-state index in [1.807, 2.05) is 31.7 Å². The maximum absolute atomic E-state index is 14.9. The number of hydrogen-bond acceptors (Lipinski definition) is 6. The van der Waals surface area contributed by atoms with Crippen LogP contribution in [0.15, 0.2) is 56.5 Å². The molecule has 2 aliphatic rings. The zero-order valence-corrected chi connectivity index (χ0v) is 23.2. The number of halogens is 2. The standard InChI is InChI=1S/C31H31F2N3O5/c1-31(2,3)41-30(39)35-15-13-34(14-16-35)22-12-5-9-19-27(37)25-24(40-28(19)22)17-23(18-7-4-8-18)36(29(25)38)21-11-6-10-20(32)26(21)33/h5-6,9-12,17-18H,4,7-8,13-16H2,1-3H3. The van der Waals surface area contributed by atoms with Gasteiger partial charge < -0.3 is 19.0 Å². The van der Waals surface area contributed by atoms with E-state index in [2.05, 4.69) is 0 Å². The number of hydrogen-bond donors (Lipinski definition) is 0. The molecule has 41 heavy (non-hydrogen) atoms. The number of carbonyl (C=O) groups excluding carboxylic acids is 1. The smallest absolute Gasteiger partial charge is 0.410 e. The predicted octanol–water partition coefficient (Wildman–Crippen LogP) is 5.70. The van der Waals surface area contributed by atoms with Gasteiger partial charge in [0.15, 0.2) is 17.2 Å². The highest BCUT2D eigenvalue weighted by Gasteiger charge is 2.30. The number of anilines is 1. The molecule has 6 rings (SSSR count). The Morgan fingerprint density at radius 1 is 0.976 bits per heavy atom. The molecule has 1 amide bonds. The first-order chi connectivity index (χ1) is 19.5. The number of pyridine rings is 1. The van der Waals surface area contributed by atoms with Crippen molar-refractivity contribution in [3.63, 3.8) is 0 Å². The highest BCUT2D eigenvalue weighted by atomic mass is 19.2. The largest absolute Gasteiger partial charge is 0.453 e. The minimum Gasteiger partial charge on any atom is -0.453 e. The highest BCUT2D eigenvalue weighted by Crippen LogP contribution is 2.38. The van der Waals surface area contributed by atoms with Crippen molar-refractivity contribution in [1.29, 1.82) is 0 Å². The molecule has 2 aromatic heterocycles. The van der Waals surface area contributed by atoms with Gasteiger partial charge in [0.05, 0.1) is 16.8 Å². The van der Waals surface area contributed by atoms with E-state index in [4.69, 9.17) is 9.15 Å². The quantitative estimate of drug-likeness (QED) is 0.298. The summed E-state index contributed by atoms with van der Waals surface area (Å²) in [6, 6.07) is 10.4. The van der Waals surface area contributed by atoms with Crippen LogP contribution in [0.2, 0.25) is 0 Å². The third kappa shape index (κ3) is 4.75. The Morgan fingerprint density at radius 3 is 2.32 bits per heavy atom. The van der Waals surface area contributed by atoms with E-state index in [-0.39, 0.29) is 34.1 Å². The molecule has 4 aromatic rings. The van der Waals surface area contributed by atoms with Crippen LogP contribution in [-0.2, 0) is 4.74 Å². The number of para-hydroxylation sites is 1. The molecule has 8 nitrogen and oxygen atoms in total. The minimum absolute atomic E-state index is 0.0491. The third-order valence-corrected chi connectivity index (χ3v) is 7.85. The fraction of sp³-hybridized carbons (Fsp3) is 0.387. The summed E-state index contributed by atoms with van der Waals surface area (Å²) in [6.45, 7) is 7.32. The lowest BCUT2D eigenvalue weighted by Gasteiger charge is -2.36. The first kappa shape index (κ1) is 27.0. The SMILES string of the molecule is CC(C)(C)OC(=O)N1CCN(c2cccc3c(=O)c4c(=O)n(-c5cccc(F)c5F)c(C5CCC5)cc4oc23)CC1. The van der Waals surface area contributed by atoms with E-state index in [1.54, 1.807) is 23.1 Å². The summed E-state index contributed by atoms with van der Waals surface area (Å²) < 4.78 is 42.1. The molecule has 0 atom stereocenters. The second-order valence-corrected chi connectivity index (χ2v) is 11.7. The van der Waals surface area contributed by atoms with Gasteiger partial charge in [-0.25, -0.2) is 13.6 Å². The van der Waals surface area contributed by atoms with Crippen LogP contribution < -0.4 is 15.9 Å². The van der Waals surface area contributed by atoms with E-state index in [1.165, 1.54) is 12.1 Å². The molecule has 0 spiro atoms. The second kappa shape index (κ2) is 10.0. The summed E-state index contributed by atoms with van der Waals surface area (Å²) in [5.41, 5.74) is -0.472. The molecule has 1 aliphatic carbocycles. The zero-order valence-electron chi connectivity index (χ0n) is 23.2. The van der Waals surface area contributed by atoms with Gasteiger partial charge in [-0.05, 0) is 63.8 Å². The van der Waals surface area contributed by atoms with Crippen LogP contribution in [0.4, 0.5) is 19.3 Å². The molecule has 0 N–H and O–H groups in total. The summed E-state index contributed by atoms with van der Waals surface area (Å²) in [5, 5.41) is 0.000426. The fourth-order valence-corrected chi connectivity index (χ4v) is 5.57. The second-order valence-electron chi connectivity index (χ2n) is 11.7. The van der Waals surface area contributed by atoms with Gasteiger partial charge >= 0.3 is 6.09 Å². The lowest BCUT2D eigenvalue weighted by Crippen LogP contribution is -2.50. The molecular formula is C31H31F2N3O5. The van der Waals surface area contributed by atoms with Gasteiger partial charge in [0.1, 0.15) is 16.6 Å². The van der Waals surface area contributed by atoms with E-state index in [0.717, 1.165) is 29.9 Å². The lowest BCUT2D eigenvalue weighted by molar-refractivity contribution is 0.0240. The number of nitrogens with zero attached hydrogens (tertiary/aromatic N) is 3. The summed E-state index contributed by atoms with van der Waals surface area (Å²) >= 11 is 0. The lowest BCUT2D eigenvalue weighted by atomic mass is 9.82. The van der Waals surface area contributed by atoms with Gasteiger partial charge in [0.2, 0.25) is 5.43 Å². The van der Waals surface area contributed by atoms with E-state index < -0.39 is 28.2 Å². The molecule has 1 saturated heterocycles. The van der Waals surface area contributed by atoms with Crippen molar-refractivity contribution in [2.45, 2.75) is 51.6 Å². The number of rotatable bonds is 3. The summed E-state index contributed by atoms with van der Waals surface area (Å²) in [4.78, 5) is 43.9. The summed E-state index contributed by atoms with van der Waals surface area (Å²) in [6.07, 6.45) is 2.14. The Hall–Kier alpha value is -4.21. The molecule has 214 valence electrons. The Kier molecular flexibility index (Phi) is 6.59. The van der Waals surface area contributed by atoms with E-state index in [9.17, 15) is 23.2 Å². The number of fused-ring (bicyclic) bond motifs is 2. The maximum Gasteiger partial charge on any atom is 0.410 e. The van der Waals surface area contributed by atoms with Gasteiger partial charge in [-0.2, -0.15) is 0 Å². The summed E-state index contributed by atoms with van der Waals surface area (Å²) in [5.74, 6) is -2.27. The van der Waals surface area contributed by atoms with Gasteiger partial charge in [0.25, 0.3) is 5.56 Å². The van der Waals surface area contributed by atoms with Crippen molar-refractivity contribution in [2.24, 2.45) is 0 Å². The molecule has 1 aliphatic heterocycles. The van der Waals surface area contributed by atoms with Crippen LogP contribution in [-0.4, -0.2) is 47.3 Å². The number of ether oxygens (including phenoxy) is 1. The Balaban J connectivity index is 1.45. The number of piperazine rings is 1. The number of carbonyl (C=O) groups is 1. The zero-order chi connectivity index (χ0) is 29.1. The van der Waals surface area contributed by atoms with E-state index >= 15 is 0 Å². The van der Waals surface area contributed by atoms with Crippen LogP contribution in [0.1, 0.15) is 51.6 Å².